The highest BCUT2D eigenvalue weighted by Crippen LogP contribution is 2.43. The number of ether oxygens (including phenoxy) is 1. The van der Waals surface area contributed by atoms with E-state index >= 15 is 0 Å². The van der Waals surface area contributed by atoms with Gasteiger partial charge in [-0.2, -0.15) is 0 Å². The summed E-state index contributed by atoms with van der Waals surface area (Å²) in [6, 6.07) is 17.5. The van der Waals surface area contributed by atoms with Crippen LogP contribution >= 0.6 is 0 Å². The molecule has 4 rings (SSSR count). The van der Waals surface area contributed by atoms with Crippen molar-refractivity contribution in [1.29, 1.82) is 0 Å². The largest absolute Gasteiger partial charge is 0.480 e. The lowest BCUT2D eigenvalue weighted by atomic mass is 9.67. The van der Waals surface area contributed by atoms with Gasteiger partial charge in [0.25, 0.3) is 0 Å². The number of nitrogens with one attached hydrogen (secondary N) is 2. The summed E-state index contributed by atoms with van der Waals surface area (Å²) in [4.78, 5) is 53.2. The van der Waals surface area contributed by atoms with E-state index in [9.17, 15) is 24.3 Å². The number of benzene rings is 2. The molecule has 0 aromatic heterocycles. The van der Waals surface area contributed by atoms with E-state index in [-0.39, 0.29) is 19.1 Å². The van der Waals surface area contributed by atoms with Gasteiger partial charge >= 0.3 is 18.1 Å². The molecule has 2 aromatic rings. The van der Waals surface area contributed by atoms with E-state index in [0.717, 1.165) is 24.9 Å². The molecule has 0 saturated carbocycles. The Bertz CT molecular complexity index is 1150. The van der Waals surface area contributed by atoms with E-state index in [4.69, 9.17) is 4.74 Å². The van der Waals surface area contributed by atoms with Gasteiger partial charge in [0.2, 0.25) is 5.91 Å². The third-order valence-electron chi connectivity index (χ3n) is 7.65. The van der Waals surface area contributed by atoms with Crippen molar-refractivity contribution < 1.29 is 29.0 Å². The topological polar surface area (TPSA) is 128 Å². The lowest BCUT2D eigenvalue weighted by Crippen LogP contribution is -2.57. The van der Waals surface area contributed by atoms with E-state index < -0.39 is 29.6 Å². The van der Waals surface area contributed by atoms with Gasteiger partial charge in [0, 0.05) is 26.7 Å². The van der Waals surface area contributed by atoms with Crippen molar-refractivity contribution >= 4 is 24.0 Å². The number of urea groups is 1. The number of carboxylic acid groups (broad SMARTS) is 1. The van der Waals surface area contributed by atoms with Crippen LogP contribution in [0, 0.1) is 11.3 Å². The Morgan fingerprint density at radius 1 is 1.03 bits per heavy atom. The monoisotopic (exact) mass is 536 g/mol. The van der Waals surface area contributed by atoms with Crippen LogP contribution in [0.3, 0.4) is 0 Å². The van der Waals surface area contributed by atoms with Crippen LogP contribution in [0.15, 0.2) is 60.7 Å². The number of carbonyl (C=O) groups excluding carboxylic acids is 3. The van der Waals surface area contributed by atoms with Crippen molar-refractivity contribution in [1.82, 2.24) is 20.4 Å². The molecule has 0 aliphatic carbocycles. The van der Waals surface area contributed by atoms with Crippen molar-refractivity contribution in [3.63, 3.8) is 0 Å². The molecular formula is C29H36N4O6. The zero-order chi connectivity index (χ0) is 27.8. The van der Waals surface area contributed by atoms with Gasteiger partial charge in [-0.15, -0.1) is 0 Å². The molecule has 2 fully saturated rings. The first kappa shape index (κ1) is 27.9. The summed E-state index contributed by atoms with van der Waals surface area (Å²) in [7, 11) is 1.85. The normalized spacial score (nSPS) is 19.3. The minimum atomic E-state index is -1.35. The summed E-state index contributed by atoms with van der Waals surface area (Å²) < 4.78 is 5.09. The van der Waals surface area contributed by atoms with Gasteiger partial charge < -0.3 is 30.3 Å². The van der Waals surface area contributed by atoms with Crippen molar-refractivity contribution in [2.24, 2.45) is 11.3 Å². The first-order valence-electron chi connectivity index (χ1n) is 13.3. The van der Waals surface area contributed by atoms with Crippen LogP contribution in [-0.2, 0) is 27.4 Å². The molecule has 2 aliphatic rings. The summed E-state index contributed by atoms with van der Waals surface area (Å²) in [5, 5.41) is 14.4. The number of hydrogen-bond acceptors (Lipinski definition) is 5. The quantitative estimate of drug-likeness (QED) is 0.476. The Morgan fingerprint density at radius 3 is 2.26 bits per heavy atom. The first-order valence-corrected chi connectivity index (χ1v) is 13.3. The fourth-order valence-electron chi connectivity index (χ4n) is 5.63. The van der Waals surface area contributed by atoms with Gasteiger partial charge in [0.05, 0.1) is 12.0 Å². The maximum absolute atomic E-state index is 13.2. The summed E-state index contributed by atoms with van der Waals surface area (Å²) >= 11 is 0. The smallest absolute Gasteiger partial charge is 0.408 e. The molecule has 1 spiro atoms. The van der Waals surface area contributed by atoms with Gasteiger partial charge in [-0.25, -0.2) is 14.4 Å². The van der Waals surface area contributed by atoms with Crippen molar-refractivity contribution in [2.75, 3.05) is 33.2 Å². The minimum Gasteiger partial charge on any atom is -0.480 e. The molecular weight excluding hydrogens is 500 g/mol. The van der Waals surface area contributed by atoms with E-state index in [1.165, 1.54) is 5.56 Å². The Balaban J connectivity index is 1.26. The van der Waals surface area contributed by atoms with Gasteiger partial charge in [0.15, 0.2) is 0 Å². The van der Waals surface area contributed by atoms with Gasteiger partial charge in [-0.3, -0.25) is 4.79 Å². The third kappa shape index (κ3) is 7.28. The number of nitrogens with zero attached hydrogens (tertiary/aromatic N) is 2. The number of piperidine rings is 2. The van der Waals surface area contributed by atoms with Crippen LogP contribution in [0.2, 0.25) is 0 Å². The molecule has 2 atom stereocenters. The summed E-state index contributed by atoms with van der Waals surface area (Å²) in [5.41, 5.74) is 1.53. The molecule has 39 heavy (non-hydrogen) atoms. The van der Waals surface area contributed by atoms with Gasteiger partial charge in [0.1, 0.15) is 12.6 Å². The standard InChI is InChI=1S/C29H36N4O6/c1-32-19-23(16-21-8-4-2-5-9-21)17-29(26(32)36)12-14-33(15-13-29)27(37)30-18-24(25(34)35)31-28(38)39-20-22-10-6-3-7-11-22/h2-11,23-24H,12-20H2,1H3,(H,30,37)(H,31,38)(H,34,35). The van der Waals surface area contributed by atoms with E-state index in [2.05, 4.69) is 22.8 Å². The summed E-state index contributed by atoms with van der Waals surface area (Å²) in [6.07, 6.45) is 1.92. The fraction of sp³-hybridized carbons (Fsp3) is 0.448. The number of hydrogen-bond donors (Lipinski definition) is 3. The number of aliphatic carboxylic acids is 1. The van der Waals surface area contributed by atoms with Gasteiger partial charge in [-0.05, 0) is 42.7 Å². The molecule has 2 heterocycles. The van der Waals surface area contributed by atoms with Crippen molar-refractivity contribution in [3.8, 4) is 0 Å². The Hall–Kier alpha value is -4.08. The first-order chi connectivity index (χ1) is 18.8. The predicted molar refractivity (Wildman–Crippen MR) is 144 cm³/mol. The van der Waals surface area contributed by atoms with E-state index in [0.29, 0.717) is 31.8 Å². The van der Waals surface area contributed by atoms with Crippen LogP contribution in [0.25, 0.3) is 0 Å². The fourth-order valence-corrected chi connectivity index (χ4v) is 5.63. The van der Waals surface area contributed by atoms with Crippen molar-refractivity contribution in [2.45, 2.75) is 38.3 Å². The number of amides is 4. The van der Waals surface area contributed by atoms with Crippen LogP contribution in [0.5, 0.6) is 0 Å². The average Bonchev–Trinajstić information content (AvgIpc) is 2.94. The van der Waals surface area contributed by atoms with E-state index in [1.807, 2.05) is 36.2 Å². The highest BCUT2D eigenvalue weighted by Gasteiger charge is 2.48. The number of carbonyl (C=O) groups is 4. The molecule has 0 bridgehead atoms. The van der Waals surface area contributed by atoms with Crippen LogP contribution < -0.4 is 10.6 Å². The molecule has 2 saturated heterocycles. The Morgan fingerprint density at radius 2 is 1.64 bits per heavy atom. The SMILES string of the molecule is CN1CC(Cc2ccccc2)CC2(CCN(C(=O)NCC(NC(=O)OCc3ccccc3)C(=O)O)CC2)C1=O. The number of carboxylic acids is 1. The van der Waals surface area contributed by atoms with Gasteiger partial charge in [-0.1, -0.05) is 60.7 Å². The molecule has 2 aliphatic heterocycles. The second-order valence-electron chi connectivity index (χ2n) is 10.5. The zero-order valence-corrected chi connectivity index (χ0v) is 22.2. The molecule has 10 heteroatoms. The predicted octanol–water partition coefficient (Wildman–Crippen LogP) is 2.88. The molecule has 10 nitrogen and oxygen atoms in total. The van der Waals surface area contributed by atoms with Crippen LogP contribution in [-0.4, -0.2) is 78.2 Å². The maximum Gasteiger partial charge on any atom is 0.408 e. The molecule has 2 aromatic carbocycles. The highest BCUT2D eigenvalue weighted by atomic mass is 16.5. The zero-order valence-electron chi connectivity index (χ0n) is 22.2. The highest BCUT2D eigenvalue weighted by molar-refractivity contribution is 5.84. The Kier molecular flexibility index (Phi) is 9.06. The van der Waals surface area contributed by atoms with Crippen LogP contribution in [0.1, 0.15) is 30.4 Å². The van der Waals surface area contributed by atoms with E-state index in [1.54, 1.807) is 29.2 Å². The molecule has 4 amide bonds. The lowest BCUT2D eigenvalue weighted by Gasteiger charge is -2.48. The average molecular weight is 537 g/mol. The maximum atomic E-state index is 13.2. The van der Waals surface area contributed by atoms with Crippen molar-refractivity contribution in [3.05, 3.63) is 71.8 Å². The number of likely N-dealkylation sites (tertiary alicyclic amines) is 2. The Labute approximate surface area is 228 Å². The summed E-state index contributed by atoms with van der Waals surface area (Å²) in [6.45, 7) is 1.22. The molecule has 0 radical (unpaired) electrons. The van der Waals surface area contributed by atoms with Crippen LogP contribution in [0.4, 0.5) is 9.59 Å². The number of rotatable bonds is 8. The summed E-state index contributed by atoms with van der Waals surface area (Å²) in [5.74, 6) is -0.805. The molecule has 3 N–H and O–H groups in total. The second-order valence-corrected chi connectivity index (χ2v) is 10.5. The lowest BCUT2D eigenvalue weighted by molar-refractivity contribution is -0.150. The molecule has 2 unspecified atom stereocenters. The molecule has 208 valence electrons. The second kappa shape index (κ2) is 12.6. The third-order valence-corrected chi connectivity index (χ3v) is 7.65. The number of alkyl carbamates (subject to hydrolysis) is 1. The minimum absolute atomic E-state index is 0.00101.